The molecule has 0 unspecified atom stereocenters. The summed E-state index contributed by atoms with van der Waals surface area (Å²) in [5.74, 6) is 0.194. The summed E-state index contributed by atoms with van der Waals surface area (Å²) in [6, 6.07) is 15.8. The maximum Gasteiger partial charge on any atom is 0.306 e. The molecule has 1 saturated carbocycles. The van der Waals surface area contributed by atoms with E-state index in [1.165, 1.54) is 17.7 Å². The van der Waals surface area contributed by atoms with Crippen LogP contribution in [0.25, 0.3) is 0 Å². The summed E-state index contributed by atoms with van der Waals surface area (Å²) in [6.07, 6.45) is 5.39. The van der Waals surface area contributed by atoms with Crippen LogP contribution in [0.15, 0.2) is 53.4 Å². The monoisotopic (exact) mass is 583 g/mol. The summed E-state index contributed by atoms with van der Waals surface area (Å²) in [7, 11) is -4.02. The third kappa shape index (κ3) is 8.06. The Balaban J connectivity index is 0.000000296. The van der Waals surface area contributed by atoms with Gasteiger partial charge in [-0.3, -0.25) is 14.1 Å². The van der Waals surface area contributed by atoms with Crippen LogP contribution in [-0.2, 0) is 19.7 Å². The Morgan fingerprint density at radius 3 is 2.27 bits per heavy atom. The number of hydrogen-bond donors (Lipinski definition) is 3. The molecule has 1 amide bonds. The van der Waals surface area contributed by atoms with Gasteiger partial charge in [0.1, 0.15) is 11.8 Å². The van der Waals surface area contributed by atoms with Gasteiger partial charge in [0.25, 0.3) is 10.1 Å². The van der Waals surface area contributed by atoms with Crippen molar-refractivity contribution in [3.05, 3.63) is 59.7 Å². The first-order chi connectivity index (χ1) is 19.5. The zero-order chi connectivity index (χ0) is 29.6. The van der Waals surface area contributed by atoms with Crippen LogP contribution in [0.5, 0.6) is 5.75 Å². The average molecular weight is 584 g/mol. The molecule has 41 heavy (non-hydrogen) atoms. The number of benzene rings is 2. The SMILES string of the molecule is Cc1ccc(S(=O)(=O)O)cc1.N#C[C@@H]1CCCN1C(=O)[C@@H]1C[C@H](c2ccc(O[C@H]3CC[C@H](C(=O)O)CC3)cc2)CN1. The number of nitrogens with one attached hydrogen (secondary N) is 1. The largest absolute Gasteiger partial charge is 0.490 e. The smallest absolute Gasteiger partial charge is 0.306 e. The molecular weight excluding hydrogens is 546 g/mol. The fourth-order valence-corrected chi connectivity index (χ4v) is 6.17. The highest BCUT2D eigenvalue weighted by atomic mass is 32.2. The third-order valence-electron chi connectivity index (χ3n) is 8.11. The molecule has 0 bridgehead atoms. The number of ether oxygens (including phenoxy) is 1. The minimum Gasteiger partial charge on any atom is -0.490 e. The Morgan fingerprint density at radius 2 is 1.68 bits per heavy atom. The van der Waals surface area contributed by atoms with Crippen LogP contribution in [0.1, 0.15) is 62.0 Å². The molecule has 3 fully saturated rings. The van der Waals surface area contributed by atoms with Gasteiger partial charge in [-0.2, -0.15) is 13.7 Å². The molecule has 3 aliphatic rings. The number of rotatable bonds is 6. The van der Waals surface area contributed by atoms with Crippen molar-refractivity contribution in [2.75, 3.05) is 13.1 Å². The van der Waals surface area contributed by atoms with Gasteiger partial charge < -0.3 is 20.1 Å². The summed E-state index contributed by atoms with van der Waals surface area (Å²) < 4.78 is 35.6. The third-order valence-corrected chi connectivity index (χ3v) is 8.98. The second-order valence-corrected chi connectivity index (χ2v) is 12.4. The average Bonchev–Trinajstić information content (AvgIpc) is 3.64. The minimum atomic E-state index is -4.02. The van der Waals surface area contributed by atoms with Crippen molar-refractivity contribution >= 4 is 22.0 Å². The Hall–Kier alpha value is -3.46. The van der Waals surface area contributed by atoms with Crippen molar-refractivity contribution in [3.63, 3.8) is 0 Å². The molecule has 2 heterocycles. The van der Waals surface area contributed by atoms with E-state index < -0.39 is 16.1 Å². The highest BCUT2D eigenvalue weighted by Crippen LogP contribution is 2.31. The molecule has 220 valence electrons. The number of aryl methyl sites for hydroxylation is 1. The van der Waals surface area contributed by atoms with Gasteiger partial charge >= 0.3 is 5.97 Å². The molecule has 2 saturated heterocycles. The van der Waals surface area contributed by atoms with Gasteiger partial charge in [0.2, 0.25) is 5.91 Å². The molecule has 0 spiro atoms. The van der Waals surface area contributed by atoms with Gasteiger partial charge in [0.05, 0.1) is 29.0 Å². The fourth-order valence-electron chi connectivity index (χ4n) is 5.69. The van der Waals surface area contributed by atoms with Crippen LogP contribution < -0.4 is 10.1 Å². The molecule has 1 aliphatic carbocycles. The number of carboxylic acid groups (broad SMARTS) is 1. The lowest BCUT2D eigenvalue weighted by atomic mass is 9.87. The zero-order valence-electron chi connectivity index (χ0n) is 23.1. The van der Waals surface area contributed by atoms with Gasteiger partial charge in [-0.1, -0.05) is 29.8 Å². The molecule has 2 aromatic carbocycles. The minimum absolute atomic E-state index is 0.0541. The van der Waals surface area contributed by atoms with Gasteiger partial charge in [0.15, 0.2) is 0 Å². The van der Waals surface area contributed by atoms with Crippen molar-refractivity contribution < 1.29 is 32.4 Å². The molecule has 5 rings (SSSR count). The standard InChI is InChI=1S/C23H29N3O4.C7H8O3S/c24-13-18-2-1-11-26(18)22(27)21-12-17(14-25-21)15-3-7-19(8-4-15)30-20-9-5-16(6-10-20)23(28)29;1-6-2-4-7(5-3-6)11(8,9)10/h3-4,7-8,16-18,20-21,25H,1-2,5-6,9-12,14H2,(H,28,29);2-5H,1H3,(H,8,9,10)/t16-,17-,18-,20-,21-;/m0./s1. The van der Waals surface area contributed by atoms with Crippen molar-refractivity contribution in [1.29, 1.82) is 5.26 Å². The van der Waals surface area contributed by atoms with E-state index in [1.54, 1.807) is 17.0 Å². The number of carbonyl (C=O) groups is 2. The molecule has 10 nitrogen and oxygen atoms in total. The van der Waals surface area contributed by atoms with Crippen LogP contribution in [-0.4, -0.2) is 66.1 Å². The van der Waals surface area contributed by atoms with Crippen LogP contribution in [0.4, 0.5) is 0 Å². The van der Waals surface area contributed by atoms with Crippen molar-refractivity contribution in [1.82, 2.24) is 10.2 Å². The number of nitriles is 1. The molecule has 3 atom stereocenters. The number of aliphatic carboxylic acids is 1. The highest BCUT2D eigenvalue weighted by molar-refractivity contribution is 7.85. The van der Waals surface area contributed by atoms with Crippen molar-refractivity contribution in [2.24, 2.45) is 5.92 Å². The summed E-state index contributed by atoms with van der Waals surface area (Å²) in [5, 5.41) is 21.7. The molecule has 2 aliphatic heterocycles. The number of likely N-dealkylation sites (tertiary alicyclic amines) is 1. The first-order valence-electron chi connectivity index (χ1n) is 14.0. The molecular formula is C30H37N3O7S. The maximum absolute atomic E-state index is 12.8. The Bertz CT molecular complexity index is 1350. The van der Waals surface area contributed by atoms with E-state index in [1.807, 2.05) is 19.1 Å². The lowest BCUT2D eigenvalue weighted by molar-refractivity contribution is -0.143. The first kappa shape index (κ1) is 30.5. The fraction of sp³-hybridized carbons (Fsp3) is 0.500. The van der Waals surface area contributed by atoms with Crippen LogP contribution in [0, 0.1) is 24.2 Å². The summed E-state index contributed by atoms with van der Waals surface area (Å²) in [4.78, 5) is 25.5. The van der Waals surface area contributed by atoms with Crippen LogP contribution >= 0.6 is 0 Å². The predicted molar refractivity (Wildman–Crippen MR) is 151 cm³/mol. The van der Waals surface area contributed by atoms with Gasteiger partial charge in [-0.05, 0) is 87.6 Å². The second kappa shape index (κ2) is 13.5. The molecule has 11 heteroatoms. The van der Waals surface area contributed by atoms with Crippen molar-refractivity contribution in [2.45, 2.75) is 80.9 Å². The quantitative estimate of drug-likeness (QED) is 0.429. The van der Waals surface area contributed by atoms with E-state index in [0.29, 0.717) is 19.4 Å². The van der Waals surface area contributed by atoms with Crippen molar-refractivity contribution in [3.8, 4) is 11.8 Å². The van der Waals surface area contributed by atoms with E-state index >= 15 is 0 Å². The lowest BCUT2D eigenvalue weighted by Gasteiger charge is -2.27. The van der Waals surface area contributed by atoms with E-state index in [-0.39, 0.29) is 40.8 Å². The number of carboxylic acids is 1. The maximum atomic E-state index is 12.8. The van der Waals surface area contributed by atoms with Gasteiger partial charge in [-0.25, -0.2) is 0 Å². The van der Waals surface area contributed by atoms with E-state index in [4.69, 9.17) is 14.4 Å². The van der Waals surface area contributed by atoms with Gasteiger partial charge in [0, 0.05) is 13.1 Å². The molecule has 0 radical (unpaired) electrons. The Kier molecular flexibility index (Phi) is 10.0. The van der Waals surface area contributed by atoms with E-state index in [2.05, 4.69) is 23.5 Å². The number of nitrogens with zero attached hydrogens (tertiary/aromatic N) is 2. The number of carbonyl (C=O) groups excluding carboxylic acids is 1. The molecule has 0 aromatic heterocycles. The topological polar surface area (TPSA) is 157 Å². The lowest BCUT2D eigenvalue weighted by Crippen LogP contribution is -2.45. The summed E-state index contributed by atoms with van der Waals surface area (Å²) in [5.41, 5.74) is 2.13. The van der Waals surface area contributed by atoms with Gasteiger partial charge in [-0.15, -0.1) is 0 Å². The summed E-state index contributed by atoms with van der Waals surface area (Å²) in [6.45, 7) is 3.27. The van der Waals surface area contributed by atoms with E-state index in [0.717, 1.165) is 50.0 Å². The first-order valence-corrected chi connectivity index (χ1v) is 15.5. The Morgan fingerprint density at radius 1 is 1.02 bits per heavy atom. The molecule has 3 N–H and O–H groups in total. The zero-order valence-corrected chi connectivity index (χ0v) is 23.9. The van der Waals surface area contributed by atoms with E-state index in [9.17, 15) is 23.3 Å². The van der Waals surface area contributed by atoms with Crippen LogP contribution in [0.2, 0.25) is 0 Å². The predicted octanol–water partition coefficient (Wildman–Crippen LogP) is 3.91. The number of hydrogen-bond acceptors (Lipinski definition) is 7. The second-order valence-electron chi connectivity index (χ2n) is 11.0. The normalized spacial score (nSPS) is 26.0. The summed E-state index contributed by atoms with van der Waals surface area (Å²) >= 11 is 0. The molecule has 2 aromatic rings. The van der Waals surface area contributed by atoms with Crippen LogP contribution in [0.3, 0.4) is 0 Å². The number of amides is 1. The highest BCUT2D eigenvalue weighted by Gasteiger charge is 2.37. The Labute approximate surface area is 241 Å².